The zero-order valence-corrected chi connectivity index (χ0v) is 22.2. The third-order valence-electron chi connectivity index (χ3n) is 8.93. The number of hydrogen-bond acceptors (Lipinski definition) is 4. The van der Waals surface area contributed by atoms with E-state index >= 15 is 0 Å². The second-order valence-electron chi connectivity index (χ2n) is 11.7. The highest BCUT2D eigenvalue weighted by Crippen LogP contribution is 2.50. The number of fused-ring (bicyclic) bond motifs is 1. The summed E-state index contributed by atoms with van der Waals surface area (Å²) < 4.78 is 7.23. The van der Waals surface area contributed by atoms with Crippen molar-refractivity contribution >= 4 is 5.71 Å². The van der Waals surface area contributed by atoms with Crippen molar-refractivity contribution in [2.24, 2.45) is 22.9 Å². The first-order valence-corrected chi connectivity index (χ1v) is 13.8. The SMILES string of the molecule is C[C@@H]1CC[C@@H]2[C@@H](C1)O[C@@H]([C@H]1C(c3ccccc3)=NO[C@@H]1c1ccccc1)N(Cc1ccccc1)C2(C)C. The Balaban J connectivity index is 1.46. The zero-order valence-electron chi connectivity index (χ0n) is 22.2. The fourth-order valence-corrected chi connectivity index (χ4v) is 6.87. The summed E-state index contributed by atoms with van der Waals surface area (Å²) >= 11 is 0. The van der Waals surface area contributed by atoms with Gasteiger partial charge in [0.1, 0.15) is 6.23 Å². The lowest BCUT2D eigenvalue weighted by Crippen LogP contribution is -2.66. The van der Waals surface area contributed by atoms with E-state index in [-0.39, 0.29) is 29.9 Å². The fraction of sp³-hybridized carbons (Fsp3) is 0.424. The van der Waals surface area contributed by atoms with Crippen molar-refractivity contribution in [1.82, 2.24) is 4.90 Å². The molecule has 1 aliphatic carbocycles. The van der Waals surface area contributed by atoms with Gasteiger partial charge in [-0.15, -0.1) is 0 Å². The number of nitrogens with zero attached hydrogens (tertiary/aromatic N) is 2. The van der Waals surface area contributed by atoms with Crippen LogP contribution in [-0.2, 0) is 16.1 Å². The predicted molar refractivity (Wildman–Crippen MR) is 148 cm³/mol. The Hall–Kier alpha value is -2.95. The topological polar surface area (TPSA) is 34.1 Å². The third kappa shape index (κ3) is 4.62. The van der Waals surface area contributed by atoms with Crippen molar-refractivity contribution < 1.29 is 9.57 Å². The van der Waals surface area contributed by atoms with Gasteiger partial charge in [-0.25, -0.2) is 0 Å². The van der Waals surface area contributed by atoms with E-state index in [1.165, 1.54) is 18.4 Å². The van der Waals surface area contributed by atoms with Gasteiger partial charge in [0.15, 0.2) is 6.10 Å². The lowest BCUT2D eigenvalue weighted by atomic mass is 9.68. The molecular weight excluding hydrogens is 456 g/mol. The number of hydrogen-bond donors (Lipinski definition) is 0. The summed E-state index contributed by atoms with van der Waals surface area (Å²) in [6.45, 7) is 8.08. The Kier molecular flexibility index (Phi) is 6.64. The molecule has 0 N–H and O–H groups in total. The Bertz CT molecular complexity index is 1210. The molecule has 2 heterocycles. The van der Waals surface area contributed by atoms with Crippen molar-refractivity contribution in [2.75, 3.05) is 0 Å². The van der Waals surface area contributed by atoms with E-state index in [4.69, 9.17) is 14.7 Å². The summed E-state index contributed by atoms with van der Waals surface area (Å²) in [6, 6.07) is 31.9. The number of oxime groups is 1. The van der Waals surface area contributed by atoms with Gasteiger partial charge in [0.25, 0.3) is 0 Å². The quantitative estimate of drug-likeness (QED) is 0.375. The summed E-state index contributed by atoms with van der Waals surface area (Å²) in [5, 5.41) is 4.74. The van der Waals surface area contributed by atoms with E-state index in [0.717, 1.165) is 29.8 Å². The minimum atomic E-state index is -0.201. The van der Waals surface area contributed by atoms with Crippen LogP contribution in [0.3, 0.4) is 0 Å². The average molecular weight is 495 g/mol. The molecule has 0 bridgehead atoms. The summed E-state index contributed by atoms with van der Waals surface area (Å²) in [5.41, 5.74) is 4.50. The van der Waals surface area contributed by atoms with Crippen LogP contribution in [0.15, 0.2) is 96.2 Å². The standard InChI is InChI=1S/C33H38N2O2/c1-23-19-20-27-28(21-23)36-32(35(33(27,2)3)22-24-13-7-4-8-14-24)29-30(25-15-9-5-10-16-25)34-37-31(29)26-17-11-6-12-18-26/h4-18,23,27-29,31-32H,19-22H2,1-3H3/t23-,27-,28-,29+,31-,32+/m1/s1. The lowest BCUT2D eigenvalue weighted by Gasteiger charge is -2.58. The van der Waals surface area contributed by atoms with Crippen molar-refractivity contribution in [1.29, 1.82) is 0 Å². The molecule has 3 aromatic carbocycles. The molecule has 192 valence electrons. The van der Waals surface area contributed by atoms with Gasteiger partial charge in [0, 0.05) is 18.0 Å². The second kappa shape index (κ2) is 10.1. The molecule has 0 unspecified atom stereocenters. The molecule has 0 radical (unpaired) electrons. The highest BCUT2D eigenvalue weighted by molar-refractivity contribution is 6.03. The molecule has 2 fully saturated rings. The monoisotopic (exact) mass is 494 g/mol. The van der Waals surface area contributed by atoms with E-state index in [9.17, 15) is 0 Å². The minimum Gasteiger partial charge on any atom is -0.386 e. The molecule has 4 heteroatoms. The van der Waals surface area contributed by atoms with Gasteiger partial charge in [-0.2, -0.15) is 0 Å². The van der Waals surface area contributed by atoms with Gasteiger partial charge in [-0.05, 0) is 49.3 Å². The third-order valence-corrected chi connectivity index (χ3v) is 8.93. The van der Waals surface area contributed by atoms with Crippen LogP contribution in [0.1, 0.15) is 62.8 Å². The summed E-state index contributed by atoms with van der Waals surface area (Å²) in [7, 11) is 0. The number of rotatable bonds is 5. The van der Waals surface area contributed by atoms with Gasteiger partial charge < -0.3 is 9.57 Å². The van der Waals surface area contributed by atoms with Crippen molar-refractivity contribution in [2.45, 2.75) is 70.6 Å². The minimum absolute atomic E-state index is 0.0325. The Morgan fingerprint density at radius 3 is 2.22 bits per heavy atom. The molecule has 0 aromatic heterocycles. The maximum Gasteiger partial charge on any atom is 0.164 e. The van der Waals surface area contributed by atoms with E-state index in [1.54, 1.807) is 0 Å². The smallest absolute Gasteiger partial charge is 0.164 e. The first kappa shape index (κ1) is 24.4. The zero-order chi connectivity index (χ0) is 25.4. The van der Waals surface area contributed by atoms with Crippen LogP contribution < -0.4 is 0 Å². The average Bonchev–Trinajstić information content (AvgIpc) is 3.37. The van der Waals surface area contributed by atoms with Crippen LogP contribution in [0.25, 0.3) is 0 Å². The summed E-state index contributed by atoms with van der Waals surface area (Å²) in [6.07, 6.45) is 3.48. The molecule has 3 aromatic rings. The summed E-state index contributed by atoms with van der Waals surface area (Å²) in [4.78, 5) is 8.90. The fourth-order valence-electron chi connectivity index (χ4n) is 6.87. The normalized spacial score (nSPS) is 31.3. The van der Waals surface area contributed by atoms with Crippen LogP contribution in [0.2, 0.25) is 0 Å². The van der Waals surface area contributed by atoms with E-state index in [0.29, 0.717) is 11.8 Å². The summed E-state index contributed by atoms with van der Waals surface area (Å²) in [5.74, 6) is 1.13. The maximum atomic E-state index is 7.23. The van der Waals surface area contributed by atoms with E-state index < -0.39 is 0 Å². The maximum absolute atomic E-state index is 7.23. The lowest BCUT2D eigenvalue weighted by molar-refractivity contribution is -0.253. The van der Waals surface area contributed by atoms with Crippen LogP contribution in [0.5, 0.6) is 0 Å². The second-order valence-corrected chi connectivity index (χ2v) is 11.7. The molecule has 3 aliphatic rings. The highest BCUT2D eigenvalue weighted by Gasteiger charge is 2.55. The highest BCUT2D eigenvalue weighted by atomic mass is 16.6. The molecule has 0 amide bonds. The molecule has 6 rings (SSSR count). The van der Waals surface area contributed by atoms with Gasteiger partial charge in [0.05, 0.1) is 17.7 Å². The van der Waals surface area contributed by atoms with Gasteiger partial charge in [-0.3, -0.25) is 4.90 Å². The molecule has 4 nitrogen and oxygen atoms in total. The molecule has 1 saturated heterocycles. The molecule has 1 saturated carbocycles. The number of ether oxygens (including phenoxy) is 1. The van der Waals surface area contributed by atoms with Crippen LogP contribution >= 0.6 is 0 Å². The van der Waals surface area contributed by atoms with E-state index in [1.807, 2.05) is 0 Å². The van der Waals surface area contributed by atoms with Crippen LogP contribution in [0.4, 0.5) is 0 Å². The van der Waals surface area contributed by atoms with Crippen molar-refractivity contribution in [3.8, 4) is 0 Å². The van der Waals surface area contributed by atoms with Crippen molar-refractivity contribution in [3.63, 3.8) is 0 Å². The van der Waals surface area contributed by atoms with Crippen LogP contribution in [0, 0.1) is 17.8 Å². The Labute approximate surface area is 221 Å². The molecule has 6 atom stereocenters. The molecule has 37 heavy (non-hydrogen) atoms. The van der Waals surface area contributed by atoms with Crippen LogP contribution in [-0.4, -0.2) is 28.5 Å². The molecular formula is C33H38N2O2. The van der Waals surface area contributed by atoms with E-state index in [2.05, 4.69) is 117 Å². The molecule has 0 spiro atoms. The Morgan fingerprint density at radius 2 is 1.51 bits per heavy atom. The van der Waals surface area contributed by atoms with Gasteiger partial charge in [-0.1, -0.05) is 109 Å². The predicted octanol–water partition coefficient (Wildman–Crippen LogP) is 7.22. The first-order chi connectivity index (χ1) is 18.0. The number of benzene rings is 3. The van der Waals surface area contributed by atoms with Crippen molar-refractivity contribution in [3.05, 3.63) is 108 Å². The molecule has 2 aliphatic heterocycles. The Morgan fingerprint density at radius 1 is 0.865 bits per heavy atom. The largest absolute Gasteiger partial charge is 0.386 e. The van der Waals surface area contributed by atoms with Gasteiger partial charge >= 0.3 is 0 Å². The first-order valence-electron chi connectivity index (χ1n) is 13.8. The van der Waals surface area contributed by atoms with Gasteiger partial charge in [0.2, 0.25) is 0 Å².